The topological polar surface area (TPSA) is 90.3 Å². The van der Waals surface area contributed by atoms with Gasteiger partial charge in [0.1, 0.15) is 6.61 Å². The number of ether oxygens (including phenoxy) is 1. The molecular weight excluding hydrogens is 344 g/mol. The quantitative estimate of drug-likeness (QED) is 0.712. The van der Waals surface area contributed by atoms with E-state index < -0.39 is 32.5 Å². The maximum Gasteiger partial charge on any atom is 0.307 e. The van der Waals surface area contributed by atoms with E-state index in [1.807, 2.05) is 0 Å². The minimum Gasteiger partial charge on any atom is -0.464 e. The Kier molecular flexibility index (Phi) is 5.99. The summed E-state index contributed by atoms with van der Waals surface area (Å²) in [5.74, 6) is -3.00. The summed E-state index contributed by atoms with van der Waals surface area (Å²) in [5.41, 5.74) is 0. The van der Waals surface area contributed by atoms with Crippen LogP contribution in [0, 0.1) is 11.6 Å². The van der Waals surface area contributed by atoms with E-state index in [2.05, 4.69) is 9.82 Å². The number of sulfonamides is 1. The van der Waals surface area contributed by atoms with Gasteiger partial charge in [0, 0.05) is 18.9 Å². The van der Waals surface area contributed by atoms with Crippen molar-refractivity contribution < 1.29 is 26.7 Å². The summed E-state index contributed by atoms with van der Waals surface area (Å²) in [5, 5.41) is 3.93. The molecule has 0 unspecified atom stereocenters. The van der Waals surface area contributed by atoms with Crippen molar-refractivity contribution in [3.05, 3.63) is 48.3 Å². The molecule has 2 rings (SSSR count). The molecule has 0 radical (unpaired) electrons. The van der Waals surface area contributed by atoms with Crippen molar-refractivity contribution >= 4 is 16.0 Å². The smallest absolute Gasteiger partial charge is 0.307 e. The first-order valence-electron chi connectivity index (χ1n) is 6.96. The standard InChI is InChI=1S/C14H15F2N3O4S/c15-12-3-2-11(10-13(12)16)24(21,22)18-6-4-14(20)23-9-8-19-7-1-5-17-19/h1-3,5,7,10,18H,4,6,8-9H2. The number of carbonyl (C=O) groups excluding carboxylic acids is 1. The van der Waals surface area contributed by atoms with Crippen molar-refractivity contribution in [2.75, 3.05) is 13.2 Å². The molecule has 24 heavy (non-hydrogen) atoms. The largest absolute Gasteiger partial charge is 0.464 e. The van der Waals surface area contributed by atoms with Crippen LogP contribution in [0.2, 0.25) is 0 Å². The molecule has 1 aromatic heterocycles. The Bertz CT molecular complexity index is 794. The number of aromatic nitrogens is 2. The zero-order chi connectivity index (χ0) is 17.6. The van der Waals surface area contributed by atoms with Crippen LogP contribution in [-0.4, -0.2) is 37.3 Å². The highest BCUT2D eigenvalue weighted by Gasteiger charge is 2.16. The molecule has 0 atom stereocenters. The van der Waals surface area contributed by atoms with E-state index in [4.69, 9.17) is 4.74 Å². The molecule has 1 N–H and O–H groups in total. The van der Waals surface area contributed by atoms with Gasteiger partial charge in [-0.3, -0.25) is 9.48 Å². The van der Waals surface area contributed by atoms with E-state index in [0.29, 0.717) is 18.7 Å². The Balaban J connectivity index is 1.75. The van der Waals surface area contributed by atoms with Gasteiger partial charge >= 0.3 is 5.97 Å². The van der Waals surface area contributed by atoms with E-state index in [0.717, 1.165) is 6.07 Å². The zero-order valence-electron chi connectivity index (χ0n) is 12.5. The van der Waals surface area contributed by atoms with E-state index in [1.54, 1.807) is 23.1 Å². The van der Waals surface area contributed by atoms with Gasteiger partial charge in [0.25, 0.3) is 0 Å². The van der Waals surface area contributed by atoms with Crippen LogP contribution in [0.15, 0.2) is 41.6 Å². The lowest BCUT2D eigenvalue weighted by Crippen LogP contribution is -2.27. The minimum absolute atomic E-state index is 0.108. The summed E-state index contributed by atoms with van der Waals surface area (Å²) < 4.78 is 58.3. The first-order valence-corrected chi connectivity index (χ1v) is 8.44. The van der Waals surface area contributed by atoms with Crippen LogP contribution in [0.25, 0.3) is 0 Å². The number of esters is 1. The van der Waals surface area contributed by atoms with Crippen LogP contribution in [0.4, 0.5) is 8.78 Å². The zero-order valence-corrected chi connectivity index (χ0v) is 13.3. The summed E-state index contributed by atoms with van der Waals surface area (Å²) in [4.78, 5) is 11.1. The molecule has 0 aliphatic carbocycles. The number of hydrogen-bond donors (Lipinski definition) is 1. The fourth-order valence-corrected chi connectivity index (χ4v) is 2.82. The van der Waals surface area contributed by atoms with Crippen molar-refractivity contribution in [3.63, 3.8) is 0 Å². The molecular formula is C14H15F2N3O4S. The Morgan fingerprint density at radius 2 is 2.08 bits per heavy atom. The van der Waals surface area contributed by atoms with E-state index in [9.17, 15) is 22.0 Å². The van der Waals surface area contributed by atoms with E-state index in [-0.39, 0.29) is 19.6 Å². The van der Waals surface area contributed by atoms with Gasteiger partial charge in [-0.25, -0.2) is 21.9 Å². The summed E-state index contributed by atoms with van der Waals surface area (Å²) in [7, 11) is -4.03. The van der Waals surface area contributed by atoms with Crippen LogP contribution < -0.4 is 4.72 Å². The first kappa shape index (κ1) is 18.0. The molecule has 0 saturated heterocycles. The van der Waals surface area contributed by atoms with Gasteiger partial charge in [-0.2, -0.15) is 5.10 Å². The molecule has 1 aromatic carbocycles. The number of nitrogens with one attached hydrogen (secondary N) is 1. The number of carbonyl (C=O) groups is 1. The highest BCUT2D eigenvalue weighted by atomic mass is 32.2. The molecule has 7 nitrogen and oxygen atoms in total. The van der Waals surface area contributed by atoms with Crippen molar-refractivity contribution in [2.45, 2.75) is 17.9 Å². The predicted molar refractivity (Wildman–Crippen MR) is 79.3 cm³/mol. The summed E-state index contributed by atoms with van der Waals surface area (Å²) >= 11 is 0. The fourth-order valence-electron chi connectivity index (χ4n) is 1.77. The molecule has 0 aliphatic heterocycles. The van der Waals surface area contributed by atoms with E-state index in [1.165, 1.54) is 0 Å². The molecule has 0 bridgehead atoms. The number of benzene rings is 1. The predicted octanol–water partition coefficient (Wildman–Crippen LogP) is 1.07. The highest BCUT2D eigenvalue weighted by molar-refractivity contribution is 7.89. The van der Waals surface area contributed by atoms with Crippen LogP contribution in [0.1, 0.15) is 6.42 Å². The monoisotopic (exact) mass is 359 g/mol. The molecule has 1 heterocycles. The molecule has 0 fully saturated rings. The number of nitrogens with zero attached hydrogens (tertiary/aromatic N) is 2. The lowest BCUT2D eigenvalue weighted by Gasteiger charge is -2.08. The van der Waals surface area contributed by atoms with Crippen molar-refractivity contribution in [3.8, 4) is 0 Å². The van der Waals surface area contributed by atoms with Gasteiger partial charge in [0.2, 0.25) is 10.0 Å². The van der Waals surface area contributed by atoms with Crippen molar-refractivity contribution in [2.24, 2.45) is 0 Å². The molecule has 0 spiro atoms. The van der Waals surface area contributed by atoms with Crippen molar-refractivity contribution in [1.29, 1.82) is 0 Å². The highest BCUT2D eigenvalue weighted by Crippen LogP contribution is 2.13. The average Bonchev–Trinajstić information content (AvgIpc) is 3.03. The second-order valence-electron chi connectivity index (χ2n) is 4.71. The Hall–Kier alpha value is -2.33. The third-order valence-corrected chi connectivity index (χ3v) is 4.42. The van der Waals surface area contributed by atoms with Crippen molar-refractivity contribution in [1.82, 2.24) is 14.5 Å². The van der Waals surface area contributed by atoms with Gasteiger partial charge < -0.3 is 4.74 Å². The second-order valence-corrected chi connectivity index (χ2v) is 6.48. The summed E-state index contributed by atoms with van der Waals surface area (Å²) in [6.45, 7) is 0.275. The molecule has 0 saturated carbocycles. The van der Waals surface area contributed by atoms with Crippen LogP contribution in [-0.2, 0) is 26.1 Å². The lowest BCUT2D eigenvalue weighted by atomic mass is 10.3. The fraction of sp³-hybridized carbons (Fsp3) is 0.286. The summed E-state index contributed by atoms with van der Waals surface area (Å²) in [6, 6.07) is 3.95. The third-order valence-electron chi connectivity index (χ3n) is 2.97. The third kappa shape index (κ3) is 5.10. The van der Waals surface area contributed by atoms with E-state index >= 15 is 0 Å². The molecule has 2 aromatic rings. The number of rotatable bonds is 8. The number of halogens is 2. The average molecular weight is 359 g/mol. The normalized spacial score (nSPS) is 11.4. The van der Waals surface area contributed by atoms with Gasteiger partial charge in [-0.15, -0.1) is 0 Å². The maximum atomic E-state index is 13.1. The lowest BCUT2D eigenvalue weighted by molar-refractivity contribution is -0.143. The maximum absolute atomic E-state index is 13.1. The van der Waals surface area contributed by atoms with Gasteiger partial charge in [0.15, 0.2) is 11.6 Å². The van der Waals surface area contributed by atoms with Crippen LogP contribution in [0.5, 0.6) is 0 Å². The Morgan fingerprint density at radius 1 is 1.29 bits per heavy atom. The second kappa shape index (κ2) is 7.97. The van der Waals surface area contributed by atoms with Gasteiger partial charge in [0.05, 0.1) is 17.9 Å². The number of hydrogen-bond acceptors (Lipinski definition) is 5. The Morgan fingerprint density at radius 3 is 2.75 bits per heavy atom. The Labute approximate surface area is 137 Å². The van der Waals surface area contributed by atoms with Crippen LogP contribution in [0.3, 0.4) is 0 Å². The minimum atomic E-state index is -4.03. The van der Waals surface area contributed by atoms with Crippen LogP contribution >= 0.6 is 0 Å². The SMILES string of the molecule is O=C(CCNS(=O)(=O)c1ccc(F)c(F)c1)OCCn1cccn1. The molecule has 10 heteroatoms. The molecule has 130 valence electrons. The molecule has 0 aliphatic rings. The summed E-state index contributed by atoms with van der Waals surface area (Å²) in [6.07, 6.45) is 3.11. The van der Waals surface area contributed by atoms with Gasteiger partial charge in [-0.1, -0.05) is 0 Å². The molecule has 0 amide bonds. The van der Waals surface area contributed by atoms with Gasteiger partial charge in [-0.05, 0) is 24.3 Å². The first-order chi connectivity index (χ1) is 11.4.